The van der Waals surface area contributed by atoms with E-state index in [0.717, 1.165) is 16.0 Å². The first-order chi connectivity index (χ1) is 22.3. The number of thioether (sulfide) groups is 1. The molecule has 2 aliphatic heterocycles. The van der Waals surface area contributed by atoms with Crippen LogP contribution in [0.1, 0.15) is 28.3 Å². The molecular formula is C36H31N3O6S. The van der Waals surface area contributed by atoms with Gasteiger partial charge in [-0.2, -0.15) is 0 Å². The molecule has 4 unspecified atom stereocenters. The summed E-state index contributed by atoms with van der Waals surface area (Å²) in [6.07, 6.45) is 3.82. The lowest BCUT2D eigenvalue weighted by molar-refractivity contribution is -0.384. The minimum atomic E-state index is -1.81. The van der Waals surface area contributed by atoms with Gasteiger partial charge in [-0.25, -0.2) is 0 Å². The number of likely N-dealkylation sites (tertiary alicyclic amines) is 1. The standard InChI is InChI=1S/C36H31N3O6S/c40-33-30-31(34(41)38(33)21-22-46-29-9-5-2-6-10-29)36(35(42)43,23-26-15-19-28(20-16-26)39(44)45)37-32(30)27-17-13-25(14-18-27)12-11-24-7-3-1-4-8-24/h1-20,30-32,37H,21-23H2,(H,42,43). The van der Waals surface area contributed by atoms with Crippen LogP contribution in [-0.2, 0) is 20.8 Å². The third-order valence-corrected chi connectivity index (χ3v) is 9.64. The summed E-state index contributed by atoms with van der Waals surface area (Å²) >= 11 is 1.51. The van der Waals surface area contributed by atoms with Gasteiger partial charge in [-0.05, 0) is 34.4 Å². The van der Waals surface area contributed by atoms with Crippen LogP contribution in [0.25, 0.3) is 12.2 Å². The normalized spacial score (nSPS) is 22.3. The Kier molecular flexibility index (Phi) is 8.83. The van der Waals surface area contributed by atoms with Gasteiger partial charge >= 0.3 is 5.97 Å². The van der Waals surface area contributed by atoms with Crippen molar-refractivity contribution in [1.29, 1.82) is 0 Å². The van der Waals surface area contributed by atoms with E-state index in [2.05, 4.69) is 5.32 Å². The van der Waals surface area contributed by atoms with Gasteiger partial charge in [0.15, 0.2) is 0 Å². The van der Waals surface area contributed by atoms with Gasteiger partial charge in [-0.1, -0.05) is 97.1 Å². The minimum Gasteiger partial charge on any atom is -0.480 e. The maximum atomic E-state index is 14.0. The summed E-state index contributed by atoms with van der Waals surface area (Å²) in [4.78, 5) is 54.1. The highest BCUT2D eigenvalue weighted by Crippen LogP contribution is 2.50. The Morgan fingerprint density at radius 3 is 2.09 bits per heavy atom. The first kappa shape index (κ1) is 30.9. The van der Waals surface area contributed by atoms with Crippen molar-refractivity contribution in [3.05, 3.63) is 142 Å². The highest BCUT2D eigenvalue weighted by Gasteiger charge is 2.68. The van der Waals surface area contributed by atoms with Gasteiger partial charge in [0.2, 0.25) is 11.8 Å². The van der Waals surface area contributed by atoms with Gasteiger partial charge in [0, 0.05) is 41.8 Å². The predicted octanol–water partition coefficient (Wildman–Crippen LogP) is 5.87. The van der Waals surface area contributed by atoms with Gasteiger partial charge in [0.25, 0.3) is 5.69 Å². The summed E-state index contributed by atoms with van der Waals surface area (Å²) in [6, 6.07) is 31.9. The number of benzene rings is 4. The fraction of sp³-hybridized carbons (Fsp3) is 0.194. The molecule has 2 amide bonds. The van der Waals surface area contributed by atoms with Crippen LogP contribution in [0, 0.1) is 22.0 Å². The largest absolute Gasteiger partial charge is 0.480 e. The van der Waals surface area contributed by atoms with Crippen LogP contribution in [-0.4, -0.2) is 50.5 Å². The number of imide groups is 1. The Hall–Kier alpha value is -5.06. The van der Waals surface area contributed by atoms with Gasteiger partial charge in [0.05, 0.1) is 16.8 Å². The predicted molar refractivity (Wildman–Crippen MR) is 176 cm³/mol. The van der Waals surface area contributed by atoms with E-state index >= 15 is 0 Å². The first-order valence-electron chi connectivity index (χ1n) is 14.9. The molecular weight excluding hydrogens is 602 g/mol. The summed E-state index contributed by atoms with van der Waals surface area (Å²) in [6.45, 7) is 0.146. The number of fused-ring (bicyclic) bond motifs is 1. The van der Waals surface area contributed by atoms with E-state index in [9.17, 15) is 29.6 Å². The topological polar surface area (TPSA) is 130 Å². The molecule has 0 aromatic heterocycles. The van der Waals surface area contributed by atoms with Gasteiger partial charge in [-0.3, -0.25) is 34.7 Å². The molecule has 232 valence electrons. The number of hydrogen-bond donors (Lipinski definition) is 2. The Morgan fingerprint density at radius 2 is 1.48 bits per heavy atom. The summed E-state index contributed by atoms with van der Waals surface area (Å²) in [5.74, 6) is -3.82. The molecule has 0 saturated carbocycles. The van der Waals surface area contributed by atoms with Crippen molar-refractivity contribution in [3.63, 3.8) is 0 Å². The molecule has 0 bridgehead atoms. The molecule has 4 atom stereocenters. The van der Waals surface area contributed by atoms with E-state index in [4.69, 9.17) is 0 Å². The third-order valence-electron chi connectivity index (χ3n) is 8.65. The Labute approximate surface area is 270 Å². The zero-order valence-corrected chi connectivity index (χ0v) is 25.5. The lowest BCUT2D eigenvalue weighted by Crippen LogP contribution is -2.57. The second kappa shape index (κ2) is 13.1. The SMILES string of the molecule is O=C1C2C(c3ccc(C=Cc4ccccc4)cc3)NC(Cc3ccc([N+](=O)[O-])cc3)(C(=O)O)C2C(=O)N1CCSc1ccccc1. The summed E-state index contributed by atoms with van der Waals surface area (Å²) in [5, 5.41) is 25.2. The Bertz CT molecular complexity index is 1780. The summed E-state index contributed by atoms with van der Waals surface area (Å²) in [5.41, 5.74) is 1.22. The second-order valence-corrected chi connectivity index (χ2v) is 12.6. The number of carboxylic acids is 1. The van der Waals surface area contributed by atoms with Crippen LogP contribution in [0.3, 0.4) is 0 Å². The second-order valence-electron chi connectivity index (χ2n) is 11.4. The third kappa shape index (κ3) is 6.09. The number of carbonyl (C=O) groups is 3. The molecule has 0 spiro atoms. The number of nitrogens with one attached hydrogen (secondary N) is 1. The van der Waals surface area contributed by atoms with E-state index in [1.54, 1.807) is 0 Å². The number of nitrogens with zero attached hydrogens (tertiary/aromatic N) is 2. The molecule has 9 nitrogen and oxygen atoms in total. The molecule has 4 aromatic rings. The zero-order chi connectivity index (χ0) is 32.3. The van der Waals surface area contributed by atoms with Crippen molar-refractivity contribution in [1.82, 2.24) is 10.2 Å². The van der Waals surface area contributed by atoms with Crippen molar-refractivity contribution in [3.8, 4) is 0 Å². The van der Waals surface area contributed by atoms with Crippen molar-refractivity contribution in [2.75, 3.05) is 12.3 Å². The number of nitro groups is 1. The highest BCUT2D eigenvalue weighted by molar-refractivity contribution is 7.99. The smallest absolute Gasteiger partial charge is 0.325 e. The molecule has 4 aromatic carbocycles. The first-order valence-corrected chi connectivity index (χ1v) is 15.9. The fourth-order valence-electron chi connectivity index (χ4n) is 6.40. The van der Waals surface area contributed by atoms with Crippen molar-refractivity contribution >= 4 is 47.4 Å². The van der Waals surface area contributed by atoms with Gasteiger partial charge in [0.1, 0.15) is 5.54 Å². The number of aliphatic carboxylic acids is 1. The molecule has 2 aliphatic rings. The van der Waals surface area contributed by atoms with Crippen LogP contribution < -0.4 is 5.32 Å². The van der Waals surface area contributed by atoms with E-state index in [0.29, 0.717) is 16.9 Å². The van der Waals surface area contributed by atoms with Crippen LogP contribution in [0.5, 0.6) is 0 Å². The van der Waals surface area contributed by atoms with Gasteiger partial charge < -0.3 is 5.11 Å². The maximum Gasteiger partial charge on any atom is 0.325 e. The molecule has 2 saturated heterocycles. The fourth-order valence-corrected chi connectivity index (χ4v) is 7.26. The van der Waals surface area contributed by atoms with E-state index in [-0.39, 0.29) is 18.7 Å². The highest BCUT2D eigenvalue weighted by atomic mass is 32.2. The molecule has 0 aliphatic carbocycles. The number of carboxylic acid groups (broad SMARTS) is 1. The minimum absolute atomic E-state index is 0.126. The zero-order valence-electron chi connectivity index (χ0n) is 24.7. The van der Waals surface area contributed by atoms with Crippen LogP contribution in [0.2, 0.25) is 0 Å². The molecule has 2 fully saturated rings. The summed E-state index contributed by atoms with van der Waals surface area (Å²) in [7, 11) is 0. The number of non-ortho nitro benzene ring substituents is 1. The van der Waals surface area contributed by atoms with Crippen LogP contribution in [0.15, 0.2) is 114 Å². The Balaban J connectivity index is 1.32. The number of rotatable bonds is 11. The molecule has 46 heavy (non-hydrogen) atoms. The number of hydrogen-bond acceptors (Lipinski definition) is 7. The molecule has 2 heterocycles. The lowest BCUT2D eigenvalue weighted by Gasteiger charge is -2.31. The molecule has 2 N–H and O–H groups in total. The number of nitro benzene ring substituents is 1. The van der Waals surface area contributed by atoms with E-state index in [1.165, 1.54) is 40.9 Å². The summed E-state index contributed by atoms with van der Waals surface area (Å²) < 4.78 is 0. The average Bonchev–Trinajstić information content (AvgIpc) is 3.54. The molecule has 0 radical (unpaired) electrons. The maximum absolute atomic E-state index is 14.0. The van der Waals surface area contributed by atoms with E-state index < -0.39 is 46.1 Å². The monoisotopic (exact) mass is 633 g/mol. The molecule has 6 rings (SSSR count). The van der Waals surface area contributed by atoms with E-state index in [1.807, 2.05) is 97.1 Å². The van der Waals surface area contributed by atoms with Crippen molar-refractivity contribution in [2.24, 2.45) is 11.8 Å². The number of carbonyl (C=O) groups excluding carboxylic acids is 2. The van der Waals surface area contributed by atoms with Crippen molar-refractivity contribution in [2.45, 2.75) is 22.9 Å². The Morgan fingerprint density at radius 1 is 0.870 bits per heavy atom. The average molecular weight is 634 g/mol. The van der Waals surface area contributed by atoms with Crippen LogP contribution >= 0.6 is 11.8 Å². The van der Waals surface area contributed by atoms with Gasteiger partial charge in [-0.15, -0.1) is 11.8 Å². The van der Waals surface area contributed by atoms with Crippen molar-refractivity contribution < 1.29 is 24.4 Å². The number of amides is 2. The lowest BCUT2D eigenvalue weighted by atomic mass is 9.76. The quantitative estimate of drug-likeness (QED) is 0.0690. The van der Waals surface area contributed by atoms with Crippen LogP contribution in [0.4, 0.5) is 5.69 Å². The molecule has 10 heteroatoms.